The zero-order valence-corrected chi connectivity index (χ0v) is 10.0. The van der Waals surface area contributed by atoms with Crippen LogP contribution in [0.25, 0.3) is 10.9 Å². The van der Waals surface area contributed by atoms with Crippen molar-refractivity contribution < 1.29 is 19.8 Å². The molecule has 0 fully saturated rings. The lowest BCUT2D eigenvalue weighted by atomic mass is 9.97. The number of aromatic amines is 1. The van der Waals surface area contributed by atoms with Gasteiger partial charge in [0.1, 0.15) is 6.04 Å². The summed E-state index contributed by atoms with van der Waals surface area (Å²) in [5, 5.41) is 18.9. The third-order valence-corrected chi connectivity index (χ3v) is 3.03. The number of hydrogen-bond donors (Lipinski definition) is 4. The first-order valence-corrected chi connectivity index (χ1v) is 5.78. The summed E-state index contributed by atoms with van der Waals surface area (Å²) in [7, 11) is 0. The van der Waals surface area contributed by atoms with Crippen molar-refractivity contribution in [3.05, 3.63) is 36.0 Å². The van der Waals surface area contributed by atoms with Gasteiger partial charge >= 0.3 is 11.9 Å². The van der Waals surface area contributed by atoms with E-state index >= 15 is 0 Å². The average molecular weight is 262 g/mol. The van der Waals surface area contributed by atoms with E-state index < -0.39 is 23.9 Å². The van der Waals surface area contributed by atoms with Crippen molar-refractivity contribution in [2.45, 2.75) is 18.4 Å². The Morgan fingerprint density at radius 1 is 1.21 bits per heavy atom. The fourth-order valence-electron chi connectivity index (χ4n) is 2.00. The highest BCUT2D eigenvalue weighted by Gasteiger charge is 2.27. The maximum Gasteiger partial charge on any atom is 0.320 e. The van der Waals surface area contributed by atoms with Gasteiger partial charge in [-0.2, -0.15) is 0 Å². The first-order chi connectivity index (χ1) is 8.99. The molecule has 2 aromatic rings. The van der Waals surface area contributed by atoms with Crippen molar-refractivity contribution in [3.63, 3.8) is 0 Å². The summed E-state index contributed by atoms with van der Waals surface area (Å²) >= 11 is 0. The minimum absolute atomic E-state index is 0.155. The Morgan fingerprint density at radius 3 is 2.47 bits per heavy atom. The second-order valence-corrected chi connectivity index (χ2v) is 4.38. The number of carbonyl (C=O) groups is 2. The van der Waals surface area contributed by atoms with Gasteiger partial charge in [-0.05, 0) is 23.9 Å². The molecule has 2 rings (SSSR count). The molecule has 0 bridgehead atoms. The maximum absolute atomic E-state index is 11.3. The van der Waals surface area contributed by atoms with Crippen LogP contribution in [0.5, 0.6) is 0 Å². The number of fused-ring (bicyclic) bond motifs is 1. The zero-order chi connectivity index (χ0) is 14.0. The van der Waals surface area contributed by atoms with Gasteiger partial charge < -0.3 is 20.9 Å². The summed E-state index contributed by atoms with van der Waals surface area (Å²) in [5.41, 5.74) is 6.69. The first-order valence-electron chi connectivity index (χ1n) is 5.78. The third-order valence-electron chi connectivity index (χ3n) is 3.03. The van der Waals surface area contributed by atoms with E-state index in [1.807, 2.05) is 24.3 Å². The molecule has 0 radical (unpaired) electrons. The largest absolute Gasteiger partial charge is 0.481 e. The molecule has 0 saturated carbocycles. The average Bonchev–Trinajstić information content (AvgIpc) is 2.78. The second-order valence-electron chi connectivity index (χ2n) is 4.38. The monoisotopic (exact) mass is 262 g/mol. The van der Waals surface area contributed by atoms with E-state index in [9.17, 15) is 14.7 Å². The van der Waals surface area contributed by atoms with Crippen LogP contribution in [0.15, 0.2) is 30.3 Å². The van der Waals surface area contributed by atoms with E-state index in [0.29, 0.717) is 5.69 Å². The Bertz CT molecular complexity index is 587. The normalized spacial score (nSPS) is 14.2. The van der Waals surface area contributed by atoms with Crippen LogP contribution in [0.1, 0.15) is 18.0 Å². The van der Waals surface area contributed by atoms with Crippen molar-refractivity contribution in [2.75, 3.05) is 0 Å². The van der Waals surface area contributed by atoms with Gasteiger partial charge in [-0.15, -0.1) is 0 Å². The van der Waals surface area contributed by atoms with Gasteiger partial charge in [0.2, 0.25) is 0 Å². The van der Waals surface area contributed by atoms with E-state index in [1.54, 1.807) is 6.07 Å². The van der Waals surface area contributed by atoms with Gasteiger partial charge in [0.25, 0.3) is 0 Å². The second kappa shape index (κ2) is 5.11. The Morgan fingerprint density at radius 2 is 1.89 bits per heavy atom. The molecule has 0 spiro atoms. The summed E-state index contributed by atoms with van der Waals surface area (Å²) in [6.07, 6.45) is -0.155. The summed E-state index contributed by atoms with van der Waals surface area (Å²) in [4.78, 5) is 25.0. The van der Waals surface area contributed by atoms with Crippen molar-refractivity contribution in [1.29, 1.82) is 0 Å². The quantitative estimate of drug-likeness (QED) is 0.644. The molecule has 1 heterocycles. The molecule has 0 aliphatic carbocycles. The van der Waals surface area contributed by atoms with Crippen LogP contribution in [0, 0.1) is 0 Å². The molecular formula is C13H14N2O4. The summed E-state index contributed by atoms with van der Waals surface area (Å²) in [6.45, 7) is 0. The molecule has 19 heavy (non-hydrogen) atoms. The lowest BCUT2D eigenvalue weighted by Crippen LogP contribution is -2.33. The van der Waals surface area contributed by atoms with E-state index in [2.05, 4.69) is 4.98 Å². The molecule has 0 aliphatic heterocycles. The molecule has 0 amide bonds. The van der Waals surface area contributed by atoms with Gasteiger partial charge in [-0.3, -0.25) is 9.59 Å². The Hall–Kier alpha value is -2.34. The van der Waals surface area contributed by atoms with Crippen LogP contribution < -0.4 is 5.73 Å². The Kier molecular flexibility index (Phi) is 3.52. The van der Waals surface area contributed by atoms with E-state index in [0.717, 1.165) is 10.9 Å². The predicted octanol–water partition coefficient (Wildman–Crippen LogP) is 1.14. The number of hydrogen-bond acceptors (Lipinski definition) is 3. The molecule has 1 aromatic carbocycles. The van der Waals surface area contributed by atoms with Gasteiger partial charge in [0.15, 0.2) is 0 Å². The number of nitrogens with two attached hydrogens (primary N) is 1. The van der Waals surface area contributed by atoms with Gasteiger partial charge in [0, 0.05) is 11.2 Å². The number of benzene rings is 1. The minimum atomic E-state index is -1.21. The highest BCUT2D eigenvalue weighted by molar-refractivity contribution is 5.84. The molecule has 100 valence electrons. The fraction of sp³-hybridized carbons (Fsp3) is 0.231. The summed E-state index contributed by atoms with van der Waals surface area (Å²) in [5.74, 6) is -3.26. The van der Waals surface area contributed by atoms with Crippen LogP contribution in [-0.4, -0.2) is 33.2 Å². The van der Waals surface area contributed by atoms with Crippen LogP contribution in [0.4, 0.5) is 0 Å². The number of aliphatic carboxylic acids is 2. The molecule has 2 atom stereocenters. The summed E-state index contributed by atoms with van der Waals surface area (Å²) in [6, 6.07) is 7.87. The Labute approximate surface area is 108 Å². The van der Waals surface area contributed by atoms with Crippen LogP contribution in [0.2, 0.25) is 0 Å². The number of aromatic nitrogens is 1. The van der Waals surface area contributed by atoms with Crippen molar-refractivity contribution in [2.24, 2.45) is 5.73 Å². The van der Waals surface area contributed by atoms with Crippen LogP contribution in [0.3, 0.4) is 0 Å². The molecule has 0 aliphatic rings. The molecule has 1 aromatic heterocycles. The van der Waals surface area contributed by atoms with E-state index in [-0.39, 0.29) is 6.42 Å². The number of rotatable bonds is 5. The van der Waals surface area contributed by atoms with E-state index in [4.69, 9.17) is 10.8 Å². The smallest absolute Gasteiger partial charge is 0.320 e. The zero-order valence-electron chi connectivity index (χ0n) is 10.0. The van der Waals surface area contributed by atoms with Crippen molar-refractivity contribution >= 4 is 22.8 Å². The summed E-state index contributed by atoms with van der Waals surface area (Å²) < 4.78 is 0. The predicted molar refractivity (Wildman–Crippen MR) is 68.9 cm³/mol. The lowest BCUT2D eigenvalue weighted by Gasteiger charge is -2.13. The number of carboxylic acids is 2. The fourth-order valence-corrected chi connectivity index (χ4v) is 2.00. The van der Waals surface area contributed by atoms with E-state index in [1.165, 1.54) is 0 Å². The third kappa shape index (κ3) is 2.74. The maximum atomic E-state index is 11.3. The van der Waals surface area contributed by atoms with Crippen molar-refractivity contribution in [3.8, 4) is 0 Å². The topological polar surface area (TPSA) is 116 Å². The molecule has 6 heteroatoms. The molecule has 0 saturated heterocycles. The number of para-hydroxylation sites is 1. The number of carboxylic acid groups (broad SMARTS) is 2. The number of nitrogens with one attached hydrogen (secondary N) is 1. The SMILES string of the molecule is NC(CC(C(=O)O)c1cc2ccccc2[nH]1)C(=O)O. The van der Waals surface area contributed by atoms with Gasteiger partial charge in [-0.25, -0.2) is 0 Å². The van der Waals surface area contributed by atoms with Crippen LogP contribution in [-0.2, 0) is 9.59 Å². The number of H-pyrrole nitrogens is 1. The van der Waals surface area contributed by atoms with Gasteiger partial charge in [-0.1, -0.05) is 18.2 Å². The standard InChI is InChI=1S/C13H14N2O4/c14-9(13(18)19)6-8(12(16)17)11-5-7-3-1-2-4-10(7)15-11/h1-5,8-9,15H,6,14H2,(H,16,17)(H,18,19). The Balaban J connectivity index is 2.33. The molecule has 6 nitrogen and oxygen atoms in total. The molecular weight excluding hydrogens is 248 g/mol. The minimum Gasteiger partial charge on any atom is -0.481 e. The highest BCUT2D eigenvalue weighted by atomic mass is 16.4. The lowest BCUT2D eigenvalue weighted by molar-refractivity contribution is -0.141. The van der Waals surface area contributed by atoms with Crippen LogP contribution >= 0.6 is 0 Å². The molecule has 2 unspecified atom stereocenters. The molecule has 5 N–H and O–H groups in total. The van der Waals surface area contributed by atoms with Crippen molar-refractivity contribution in [1.82, 2.24) is 4.98 Å². The first kappa shape index (κ1) is 13.1. The highest BCUT2D eigenvalue weighted by Crippen LogP contribution is 2.25. The van der Waals surface area contributed by atoms with Gasteiger partial charge in [0.05, 0.1) is 5.92 Å².